The van der Waals surface area contributed by atoms with Gasteiger partial charge in [-0.2, -0.15) is 4.98 Å². The van der Waals surface area contributed by atoms with Gasteiger partial charge in [0.2, 0.25) is 5.95 Å². The maximum atomic E-state index is 9.85. The van der Waals surface area contributed by atoms with Crippen molar-refractivity contribution in [1.82, 2.24) is 9.97 Å². The van der Waals surface area contributed by atoms with Crippen LogP contribution in [0.15, 0.2) is 12.3 Å². The Labute approximate surface area is 94.5 Å². The summed E-state index contributed by atoms with van der Waals surface area (Å²) >= 11 is 0. The van der Waals surface area contributed by atoms with Crippen LogP contribution >= 0.6 is 0 Å². The van der Waals surface area contributed by atoms with E-state index in [0.717, 1.165) is 31.7 Å². The summed E-state index contributed by atoms with van der Waals surface area (Å²) in [6.45, 7) is 3.47. The number of hydrogen-bond acceptors (Lipinski definition) is 6. The number of hydrogen-bond donors (Lipinski definition) is 3. The lowest BCUT2D eigenvalue weighted by atomic mass is 9.94. The first-order chi connectivity index (χ1) is 7.61. The van der Waals surface area contributed by atoms with E-state index in [1.54, 1.807) is 6.20 Å². The maximum absolute atomic E-state index is 9.85. The molecule has 1 aliphatic heterocycles. The molecule has 0 aliphatic carbocycles. The second kappa shape index (κ2) is 4.23. The number of nitrogens with zero attached hydrogens (tertiary/aromatic N) is 3. The summed E-state index contributed by atoms with van der Waals surface area (Å²) in [4.78, 5) is 10.3. The molecule has 0 radical (unpaired) electrons. The minimum Gasteiger partial charge on any atom is -0.390 e. The first-order valence-corrected chi connectivity index (χ1v) is 5.38. The molecule has 4 N–H and O–H groups in total. The maximum Gasteiger partial charge on any atom is 0.239 e. The number of aromatic nitrogens is 2. The number of aliphatic hydroxyl groups is 1. The predicted octanol–water partition coefficient (Wildman–Crippen LogP) is 0.113. The van der Waals surface area contributed by atoms with Crippen LogP contribution in [0.2, 0.25) is 0 Å². The monoisotopic (exact) mass is 223 g/mol. The van der Waals surface area contributed by atoms with E-state index in [4.69, 9.17) is 5.84 Å². The molecule has 0 amide bonds. The molecule has 1 aromatic heterocycles. The van der Waals surface area contributed by atoms with Crippen LogP contribution in [0.1, 0.15) is 19.8 Å². The molecule has 16 heavy (non-hydrogen) atoms. The Balaban J connectivity index is 2.08. The number of rotatable bonds is 2. The zero-order valence-corrected chi connectivity index (χ0v) is 9.35. The SMILES string of the molecule is CC1(O)CCN(c2ccnc(NN)n2)CC1. The molecule has 2 heterocycles. The van der Waals surface area contributed by atoms with Gasteiger partial charge >= 0.3 is 0 Å². The molecule has 1 aromatic rings. The van der Waals surface area contributed by atoms with Gasteiger partial charge in [-0.1, -0.05) is 0 Å². The van der Waals surface area contributed by atoms with Gasteiger partial charge in [0, 0.05) is 19.3 Å². The highest BCUT2D eigenvalue weighted by Gasteiger charge is 2.27. The largest absolute Gasteiger partial charge is 0.390 e. The zero-order valence-electron chi connectivity index (χ0n) is 9.35. The van der Waals surface area contributed by atoms with Gasteiger partial charge in [-0.25, -0.2) is 10.8 Å². The van der Waals surface area contributed by atoms with Gasteiger partial charge in [0.15, 0.2) is 0 Å². The molecule has 0 saturated carbocycles. The third-order valence-electron chi connectivity index (χ3n) is 2.93. The number of piperidine rings is 1. The van der Waals surface area contributed by atoms with Crippen molar-refractivity contribution >= 4 is 11.8 Å². The summed E-state index contributed by atoms with van der Waals surface area (Å²) in [5.41, 5.74) is 1.88. The lowest BCUT2D eigenvalue weighted by molar-refractivity contribution is 0.0350. The second-order valence-corrected chi connectivity index (χ2v) is 4.37. The fourth-order valence-electron chi connectivity index (χ4n) is 1.81. The van der Waals surface area contributed by atoms with Crippen molar-refractivity contribution in [3.05, 3.63) is 12.3 Å². The summed E-state index contributed by atoms with van der Waals surface area (Å²) in [5.74, 6) is 6.52. The first-order valence-electron chi connectivity index (χ1n) is 5.38. The molecule has 1 fully saturated rings. The third kappa shape index (κ3) is 2.40. The number of nitrogens with one attached hydrogen (secondary N) is 1. The molecular formula is C10H17N5O. The summed E-state index contributed by atoms with van der Waals surface area (Å²) in [5, 5.41) is 9.85. The summed E-state index contributed by atoms with van der Waals surface area (Å²) in [7, 11) is 0. The standard InChI is InChI=1S/C10H17N5O/c1-10(16)3-6-15(7-4-10)8-2-5-12-9(13-8)14-11/h2,5,16H,3-4,6-7,11H2,1H3,(H,12,13,14). The summed E-state index contributed by atoms with van der Waals surface area (Å²) < 4.78 is 0. The minimum absolute atomic E-state index is 0.412. The molecule has 0 unspecified atom stereocenters. The number of nitrogens with two attached hydrogens (primary N) is 1. The van der Waals surface area contributed by atoms with Crippen LogP contribution in [0.3, 0.4) is 0 Å². The average molecular weight is 223 g/mol. The first kappa shape index (κ1) is 11.1. The van der Waals surface area contributed by atoms with E-state index in [0.29, 0.717) is 5.95 Å². The van der Waals surface area contributed by atoms with E-state index < -0.39 is 5.60 Å². The van der Waals surface area contributed by atoms with E-state index in [9.17, 15) is 5.11 Å². The van der Waals surface area contributed by atoms with Crippen molar-refractivity contribution < 1.29 is 5.11 Å². The van der Waals surface area contributed by atoms with Crippen molar-refractivity contribution in [2.45, 2.75) is 25.4 Å². The highest BCUT2D eigenvalue weighted by molar-refractivity contribution is 5.42. The fourth-order valence-corrected chi connectivity index (χ4v) is 1.81. The Kier molecular flexibility index (Phi) is 2.93. The summed E-state index contributed by atoms with van der Waals surface area (Å²) in [6.07, 6.45) is 3.18. The van der Waals surface area contributed by atoms with Gasteiger partial charge in [-0.05, 0) is 25.8 Å². The van der Waals surface area contributed by atoms with Crippen LogP contribution in [0.4, 0.5) is 11.8 Å². The lowest BCUT2D eigenvalue weighted by Gasteiger charge is -2.36. The molecule has 2 rings (SSSR count). The minimum atomic E-state index is -0.543. The Morgan fingerprint density at radius 1 is 1.50 bits per heavy atom. The Bertz CT molecular complexity index is 358. The average Bonchev–Trinajstić information content (AvgIpc) is 2.29. The van der Waals surface area contributed by atoms with Crippen LogP contribution in [0.5, 0.6) is 0 Å². The van der Waals surface area contributed by atoms with E-state index >= 15 is 0 Å². The Morgan fingerprint density at radius 3 is 2.81 bits per heavy atom. The van der Waals surface area contributed by atoms with Gasteiger partial charge in [0.25, 0.3) is 0 Å². The van der Waals surface area contributed by atoms with Gasteiger partial charge < -0.3 is 10.0 Å². The van der Waals surface area contributed by atoms with Crippen LogP contribution < -0.4 is 16.2 Å². The normalized spacial score (nSPS) is 19.6. The second-order valence-electron chi connectivity index (χ2n) is 4.37. The number of anilines is 2. The highest BCUT2D eigenvalue weighted by Crippen LogP contribution is 2.24. The van der Waals surface area contributed by atoms with Gasteiger partial charge in [0.05, 0.1) is 5.60 Å². The van der Waals surface area contributed by atoms with Gasteiger partial charge in [-0.3, -0.25) is 5.43 Å². The van der Waals surface area contributed by atoms with E-state index in [2.05, 4.69) is 20.3 Å². The van der Waals surface area contributed by atoms with Crippen molar-refractivity contribution in [3.8, 4) is 0 Å². The van der Waals surface area contributed by atoms with Crippen molar-refractivity contribution in [2.24, 2.45) is 5.84 Å². The van der Waals surface area contributed by atoms with Gasteiger partial charge in [0.1, 0.15) is 5.82 Å². The molecule has 0 atom stereocenters. The molecule has 6 heteroatoms. The Hall–Kier alpha value is -1.40. The molecule has 0 aromatic carbocycles. The number of hydrazine groups is 1. The molecule has 88 valence electrons. The molecule has 1 aliphatic rings. The fraction of sp³-hybridized carbons (Fsp3) is 0.600. The van der Waals surface area contributed by atoms with E-state index in [-0.39, 0.29) is 0 Å². The molecule has 6 nitrogen and oxygen atoms in total. The highest BCUT2D eigenvalue weighted by atomic mass is 16.3. The molecule has 1 saturated heterocycles. The van der Waals surface area contributed by atoms with Crippen molar-refractivity contribution in [2.75, 3.05) is 23.4 Å². The molecular weight excluding hydrogens is 206 g/mol. The third-order valence-corrected chi connectivity index (χ3v) is 2.93. The Morgan fingerprint density at radius 2 is 2.19 bits per heavy atom. The van der Waals surface area contributed by atoms with Crippen LogP contribution in [0.25, 0.3) is 0 Å². The molecule has 0 bridgehead atoms. The smallest absolute Gasteiger partial charge is 0.239 e. The summed E-state index contributed by atoms with van der Waals surface area (Å²) in [6, 6.07) is 1.85. The van der Waals surface area contributed by atoms with Crippen LogP contribution in [-0.2, 0) is 0 Å². The predicted molar refractivity (Wildman–Crippen MR) is 61.9 cm³/mol. The van der Waals surface area contributed by atoms with Crippen LogP contribution in [0, 0.1) is 0 Å². The zero-order chi connectivity index (χ0) is 11.6. The van der Waals surface area contributed by atoms with Crippen molar-refractivity contribution in [3.63, 3.8) is 0 Å². The van der Waals surface area contributed by atoms with Crippen molar-refractivity contribution in [1.29, 1.82) is 0 Å². The molecule has 0 spiro atoms. The van der Waals surface area contributed by atoms with E-state index in [1.807, 2.05) is 13.0 Å². The van der Waals surface area contributed by atoms with E-state index in [1.165, 1.54) is 0 Å². The topological polar surface area (TPSA) is 87.3 Å². The van der Waals surface area contributed by atoms with Crippen LogP contribution in [-0.4, -0.2) is 33.8 Å². The lowest BCUT2D eigenvalue weighted by Crippen LogP contribution is -2.42. The number of nitrogen functional groups attached to an aromatic ring is 1. The van der Waals surface area contributed by atoms with Gasteiger partial charge in [-0.15, -0.1) is 0 Å². The quantitative estimate of drug-likeness (QED) is 0.487.